The maximum absolute atomic E-state index is 14.3. The maximum Gasteiger partial charge on any atom is 0.410 e. The zero-order valence-electron chi connectivity index (χ0n) is 29.8. The van der Waals surface area contributed by atoms with E-state index in [-0.39, 0.29) is 60.0 Å². The van der Waals surface area contributed by atoms with Crippen molar-refractivity contribution in [1.29, 1.82) is 0 Å². The summed E-state index contributed by atoms with van der Waals surface area (Å²) in [6, 6.07) is 14.3. The summed E-state index contributed by atoms with van der Waals surface area (Å²) in [7, 11) is 0. The smallest absolute Gasteiger partial charge is 0.410 e. The molecular weight excluding hydrogens is 635 g/mol. The first kappa shape index (κ1) is 35.9. The number of carbonyl (C=O) groups excluding carboxylic acids is 4. The lowest BCUT2D eigenvalue weighted by Crippen LogP contribution is -2.59. The fraction of sp³-hybridized carbons (Fsp3) is 0.600. The highest BCUT2D eigenvalue weighted by atomic mass is 19.1. The Labute approximate surface area is 295 Å². The highest BCUT2D eigenvalue weighted by Crippen LogP contribution is 2.47. The van der Waals surface area contributed by atoms with Crippen LogP contribution in [0, 0.1) is 29.0 Å². The number of likely N-dealkylation sites (tertiary alicyclic amines) is 2. The van der Waals surface area contributed by atoms with Crippen molar-refractivity contribution in [2.75, 3.05) is 19.6 Å². The molecule has 2 heterocycles. The molecule has 0 unspecified atom stereocenters. The molecule has 2 aromatic carbocycles. The number of hydrogen-bond donors (Lipinski definition) is 2. The molecule has 4 atom stereocenters. The second-order valence-electron chi connectivity index (χ2n) is 16.1. The summed E-state index contributed by atoms with van der Waals surface area (Å²) in [5, 5.41) is 6.34. The molecule has 0 aromatic heterocycles. The van der Waals surface area contributed by atoms with E-state index in [4.69, 9.17) is 4.74 Å². The topological polar surface area (TPSA) is 108 Å². The number of benzene rings is 2. The van der Waals surface area contributed by atoms with Crippen LogP contribution in [0.25, 0.3) is 0 Å². The van der Waals surface area contributed by atoms with E-state index >= 15 is 0 Å². The van der Waals surface area contributed by atoms with E-state index in [2.05, 4.69) is 10.6 Å². The second-order valence-corrected chi connectivity index (χ2v) is 16.1. The third kappa shape index (κ3) is 8.16. The molecule has 50 heavy (non-hydrogen) atoms. The summed E-state index contributed by atoms with van der Waals surface area (Å²) < 4.78 is 19.4. The molecule has 2 N–H and O–H groups in total. The van der Waals surface area contributed by atoms with Gasteiger partial charge >= 0.3 is 6.09 Å². The molecule has 0 spiro atoms. The zero-order valence-corrected chi connectivity index (χ0v) is 29.8. The van der Waals surface area contributed by atoms with Gasteiger partial charge in [-0.05, 0) is 94.4 Å². The van der Waals surface area contributed by atoms with Crippen molar-refractivity contribution in [2.24, 2.45) is 23.2 Å². The molecule has 4 fully saturated rings. The van der Waals surface area contributed by atoms with Crippen molar-refractivity contribution in [3.8, 4) is 0 Å². The quantitative estimate of drug-likeness (QED) is 0.336. The van der Waals surface area contributed by atoms with E-state index in [9.17, 15) is 23.6 Å². The molecule has 4 amide bonds. The molecule has 2 aliphatic heterocycles. The van der Waals surface area contributed by atoms with Crippen LogP contribution in [0.2, 0.25) is 0 Å². The van der Waals surface area contributed by atoms with Crippen molar-refractivity contribution in [1.82, 2.24) is 20.4 Å². The van der Waals surface area contributed by atoms with Gasteiger partial charge in [-0.2, -0.15) is 0 Å². The highest BCUT2D eigenvalue weighted by Gasteiger charge is 2.52. The van der Waals surface area contributed by atoms with Gasteiger partial charge in [0, 0.05) is 37.6 Å². The summed E-state index contributed by atoms with van der Waals surface area (Å²) in [6.45, 7) is 7.58. The SMILES string of the molecule is CC(C)(C)NC(=O)C1(C2CCCCC2)CCN(C(=O)[C@@H](Cc2ccc(F)cc2)NC(=O)[C@H]2C[C@@H]3C[C@@H]2N(C(=O)OCc2ccccc2)C3)CC1. The first-order valence-corrected chi connectivity index (χ1v) is 18.6. The number of fused-ring (bicyclic) bond motifs is 2. The van der Waals surface area contributed by atoms with Gasteiger partial charge in [0.15, 0.2) is 0 Å². The molecule has 2 bridgehead atoms. The van der Waals surface area contributed by atoms with Crippen molar-refractivity contribution in [3.05, 3.63) is 71.5 Å². The molecular formula is C40H53FN4O5. The van der Waals surface area contributed by atoms with Crippen LogP contribution in [0.4, 0.5) is 9.18 Å². The number of amides is 4. The maximum atomic E-state index is 14.3. The second kappa shape index (κ2) is 15.1. The van der Waals surface area contributed by atoms with E-state index < -0.39 is 23.5 Å². The largest absolute Gasteiger partial charge is 0.445 e. The minimum Gasteiger partial charge on any atom is -0.445 e. The van der Waals surface area contributed by atoms with Crippen LogP contribution in [-0.4, -0.2) is 70.9 Å². The minimum atomic E-state index is -0.865. The number of carbonyl (C=O) groups is 4. The summed E-state index contributed by atoms with van der Waals surface area (Å²) in [5.41, 5.74) is 0.749. The number of halogens is 1. The van der Waals surface area contributed by atoms with Crippen LogP contribution in [0.15, 0.2) is 54.6 Å². The Balaban J connectivity index is 1.15. The monoisotopic (exact) mass is 688 g/mol. The van der Waals surface area contributed by atoms with Crippen LogP contribution >= 0.6 is 0 Å². The predicted octanol–water partition coefficient (Wildman–Crippen LogP) is 6.00. The molecule has 4 aliphatic rings. The number of piperidine rings is 2. The predicted molar refractivity (Wildman–Crippen MR) is 188 cm³/mol. The molecule has 2 aromatic rings. The van der Waals surface area contributed by atoms with Crippen LogP contribution in [0.1, 0.15) is 89.7 Å². The lowest BCUT2D eigenvalue weighted by atomic mass is 9.63. The first-order valence-electron chi connectivity index (χ1n) is 18.6. The van der Waals surface area contributed by atoms with Crippen molar-refractivity contribution in [3.63, 3.8) is 0 Å². The van der Waals surface area contributed by atoms with E-state index in [0.29, 0.717) is 38.9 Å². The third-order valence-corrected chi connectivity index (χ3v) is 11.5. The number of nitrogens with one attached hydrogen (secondary N) is 2. The number of nitrogens with zero attached hydrogens (tertiary/aromatic N) is 2. The molecule has 10 heteroatoms. The van der Waals surface area contributed by atoms with Gasteiger partial charge in [-0.1, -0.05) is 61.7 Å². The van der Waals surface area contributed by atoms with Crippen LogP contribution < -0.4 is 10.6 Å². The van der Waals surface area contributed by atoms with Gasteiger partial charge in [-0.25, -0.2) is 9.18 Å². The van der Waals surface area contributed by atoms with Gasteiger partial charge in [0.25, 0.3) is 0 Å². The lowest BCUT2D eigenvalue weighted by molar-refractivity contribution is -0.147. The summed E-state index contributed by atoms with van der Waals surface area (Å²) >= 11 is 0. The van der Waals surface area contributed by atoms with Crippen LogP contribution in [0.3, 0.4) is 0 Å². The minimum absolute atomic E-state index is 0.0864. The Morgan fingerprint density at radius 2 is 1.60 bits per heavy atom. The van der Waals surface area contributed by atoms with Crippen molar-refractivity contribution < 1.29 is 28.3 Å². The fourth-order valence-electron chi connectivity index (χ4n) is 8.94. The Bertz CT molecular complexity index is 1510. The average Bonchev–Trinajstić information content (AvgIpc) is 3.73. The van der Waals surface area contributed by atoms with E-state index in [0.717, 1.165) is 43.2 Å². The third-order valence-electron chi connectivity index (χ3n) is 11.5. The molecule has 9 nitrogen and oxygen atoms in total. The normalized spacial score (nSPS) is 24.0. The summed E-state index contributed by atoms with van der Waals surface area (Å²) in [6.07, 6.45) is 7.79. The van der Waals surface area contributed by atoms with Crippen LogP contribution in [-0.2, 0) is 32.1 Å². The number of rotatable bonds is 9. The van der Waals surface area contributed by atoms with E-state index in [1.807, 2.05) is 51.1 Å². The molecule has 2 saturated heterocycles. The van der Waals surface area contributed by atoms with Gasteiger partial charge in [0.05, 0.1) is 11.3 Å². The van der Waals surface area contributed by atoms with E-state index in [1.54, 1.807) is 21.9 Å². The standard InChI is InChI=1S/C40H53FN4O5/c1-39(2,3)43-37(48)40(30-12-8-5-9-13-30)18-20-44(21-19-40)36(47)33(23-27-14-16-31(41)17-15-27)42-35(46)32-22-29-24-34(32)45(25-29)38(49)50-26-28-10-6-4-7-11-28/h4,6-7,10-11,14-17,29-30,32-34H,5,8-9,12-13,18-26H2,1-3H3,(H,42,46)(H,43,48)/t29-,32+,33-,34+/m1/s1. The van der Waals surface area contributed by atoms with E-state index in [1.165, 1.54) is 18.6 Å². The average molecular weight is 689 g/mol. The van der Waals surface area contributed by atoms with Crippen molar-refractivity contribution >= 4 is 23.8 Å². The highest BCUT2D eigenvalue weighted by molar-refractivity contribution is 5.90. The fourth-order valence-corrected chi connectivity index (χ4v) is 8.94. The lowest BCUT2D eigenvalue weighted by Gasteiger charge is -2.48. The number of ether oxygens (including phenoxy) is 1. The Morgan fingerprint density at radius 3 is 2.24 bits per heavy atom. The zero-order chi connectivity index (χ0) is 35.5. The Morgan fingerprint density at radius 1 is 0.920 bits per heavy atom. The molecule has 270 valence electrons. The molecule has 2 saturated carbocycles. The van der Waals surface area contributed by atoms with Crippen LogP contribution in [0.5, 0.6) is 0 Å². The van der Waals surface area contributed by atoms with Gasteiger partial charge in [-0.15, -0.1) is 0 Å². The summed E-state index contributed by atoms with van der Waals surface area (Å²) in [5.74, 6) is -0.710. The van der Waals surface area contributed by atoms with Crippen molar-refractivity contribution in [2.45, 2.75) is 109 Å². The first-order chi connectivity index (χ1) is 23.9. The Kier molecular flexibility index (Phi) is 10.8. The van der Waals surface area contributed by atoms with Gasteiger partial charge in [0.1, 0.15) is 18.5 Å². The molecule has 0 radical (unpaired) electrons. The Hall–Kier alpha value is -3.95. The van der Waals surface area contributed by atoms with Gasteiger partial charge < -0.3 is 25.2 Å². The van der Waals surface area contributed by atoms with Gasteiger partial charge in [-0.3, -0.25) is 14.4 Å². The molecule has 2 aliphatic carbocycles. The van der Waals surface area contributed by atoms with Gasteiger partial charge in [0.2, 0.25) is 17.7 Å². The molecule has 6 rings (SSSR count). The number of hydrogen-bond acceptors (Lipinski definition) is 5. The summed E-state index contributed by atoms with van der Waals surface area (Å²) in [4.78, 5) is 58.8.